The fraction of sp³-hybridized carbons (Fsp3) is 0.316. The molecular weight excluding hydrogens is 276 g/mol. The predicted octanol–water partition coefficient (Wildman–Crippen LogP) is 4.54. The van der Waals surface area contributed by atoms with Crippen LogP contribution in [-0.4, -0.2) is 11.1 Å². The molecule has 0 aliphatic heterocycles. The van der Waals surface area contributed by atoms with Crippen LogP contribution in [0, 0.1) is 6.92 Å². The molecule has 0 unspecified atom stereocenters. The Balaban J connectivity index is 2.36. The molecule has 1 N–H and O–H groups in total. The van der Waals surface area contributed by atoms with Crippen LogP contribution in [0.4, 0.5) is 0 Å². The summed E-state index contributed by atoms with van der Waals surface area (Å²) in [4.78, 5) is 11.0. The molecule has 0 aliphatic carbocycles. The third-order valence-electron chi connectivity index (χ3n) is 3.69. The molecular formula is C19H22O3. The van der Waals surface area contributed by atoms with Gasteiger partial charge in [0.25, 0.3) is 0 Å². The number of ether oxygens (including phenoxy) is 1. The minimum Gasteiger partial charge on any atom is -0.481 e. The van der Waals surface area contributed by atoms with Gasteiger partial charge < -0.3 is 9.84 Å². The van der Waals surface area contributed by atoms with Gasteiger partial charge in [0.15, 0.2) is 0 Å². The molecule has 2 aromatic carbocycles. The fourth-order valence-corrected chi connectivity index (χ4v) is 2.46. The standard InChI is InChI=1S/C19H22O3/c1-4-14-7-9-17(15(5-2)11-14)22-18-8-6-13(3)10-16(18)12-19(20)21/h6-11H,4-5,12H2,1-3H3,(H,20,21). The Labute approximate surface area is 131 Å². The van der Waals surface area contributed by atoms with Gasteiger partial charge in [0, 0.05) is 5.56 Å². The van der Waals surface area contributed by atoms with E-state index in [1.807, 2.05) is 31.2 Å². The molecule has 0 saturated carbocycles. The maximum Gasteiger partial charge on any atom is 0.307 e. The van der Waals surface area contributed by atoms with Gasteiger partial charge in [-0.25, -0.2) is 0 Å². The third-order valence-corrected chi connectivity index (χ3v) is 3.69. The SMILES string of the molecule is CCc1ccc(Oc2ccc(C)cc2CC(=O)O)c(CC)c1. The monoisotopic (exact) mass is 298 g/mol. The molecule has 3 heteroatoms. The number of benzene rings is 2. The van der Waals surface area contributed by atoms with Crippen molar-refractivity contribution in [2.75, 3.05) is 0 Å². The van der Waals surface area contributed by atoms with Crippen LogP contribution in [0.1, 0.15) is 36.1 Å². The Morgan fingerprint density at radius 3 is 2.32 bits per heavy atom. The fourth-order valence-electron chi connectivity index (χ4n) is 2.46. The highest BCUT2D eigenvalue weighted by Crippen LogP contribution is 2.30. The normalized spacial score (nSPS) is 10.5. The maximum absolute atomic E-state index is 11.0. The molecule has 116 valence electrons. The van der Waals surface area contributed by atoms with E-state index >= 15 is 0 Å². The Morgan fingerprint density at radius 2 is 1.68 bits per heavy atom. The molecule has 2 rings (SSSR count). The van der Waals surface area contributed by atoms with Crippen molar-refractivity contribution in [3.8, 4) is 11.5 Å². The Hall–Kier alpha value is -2.29. The quantitative estimate of drug-likeness (QED) is 0.851. The Kier molecular flexibility index (Phi) is 5.21. The van der Waals surface area contributed by atoms with Crippen LogP contribution in [0.15, 0.2) is 36.4 Å². The summed E-state index contributed by atoms with van der Waals surface area (Å²) in [6.07, 6.45) is 1.83. The maximum atomic E-state index is 11.0. The highest BCUT2D eigenvalue weighted by molar-refractivity contribution is 5.71. The molecule has 3 nitrogen and oxygen atoms in total. The summed E-state index contributed by atoms with van der Waals surface area (Å²) in [5.41, 5.74) is 4.15. The van der Waals surface area contributed by atoms with Crippen molar-refractivity contribution in [3.63, 3.8) is 0 Å². The van der Waals surface area contributed by atoms with E-state index < -0.39 is 5.97 Å². The first kappa shape index (κ1) is 16.1. The Morgan fingerprint density at radius 1 is 1.00 bits per heavy atom. The van der Waals surface area contributed by atoms with Crippen LogP contribution in [0.25, 0.3) is 0 Å². The minimum absolute atomic E-state index is 0.0362. The summed E-state index contributed by atoms with van der Waals surface area (Å²) in [5.74, 6) is 0.564. The van der Waals surface area contributed by atoms with Gasteiger partial charge in [0.2, 0.25) is 0 Å². The van der Waals surface area contributed by atoms with Crippen LogP contribution in [0.3, 0.4) is 0 Å². The molecule has 0 aromatic heterocycles. The molecule has 0 fully saturated rings. The van der Waals surface area contributed by atoms with Crippen molar-refractivity contribution in [2.24, 2.45) is 0 Å². The van der Waals surface area contributed by atoms with Crippen LogP contribution >= 0.6 is 0 Å². The van der Waals surface area contributed by atoms with Gasteiger partial charge in [0.1, 0.15) is 11.5 Å². The summed E-state index contributed by atoms with van der Waals surface area (Å²) >= 11 is 0. The van der Waals surface area contributed by atoms with E-state index in [1.54, 1.807) is 0 Å². The second kappa shape index (κ2) is 7.12. The lowest BCUT2D eigenvalue weighted by molar-refractivity contribution is -0.136. The average Bonchev–Trinajstić information content (AvgIpc) is 2.49. The van der Waals surface area contributed by atoms with Crippen molar-refractivity contribution in [1.29, 1.82) is 0 Å². The van der Waals surface area contributed by atoms with E-state index in [0.29, 0.717) is 11.3 Å². The first-order valence-corrected chi connectivity index (χ1v) is 7.64. The van der Waals surface area contributed by atoms with Crippen molar-refractivity contribution in [3.05, 3.63) is 58.7 Å². The van der Waals surface area contributed by atoms with E-state index in [4.69, 9.17) is 9.84 Å². The lowest BCUT2D eigenvalue weighted by Gasteiger charge is -2.14. The van der Waals surface area contributed by atoms with E-state index in [2.05, 4.69) is 26.0 Å². The van der Waals surface area contributed by atoms with Gasteiger partial charge >= 0.3 is 5.97 Å². The predicted molar refractivity (Wildman–Crippen MR) is 87.8 cm³/mol. The second-order valence-electron chi connectivity index (χ2n) is 5.43. The van der Waals surface area contributed by atoms with Crippen molar-refractivity contribution >= 4 is 5.97 Å². The van der Waals surface area contributed by atoms with E-state index in [1.165, 1.54) is 5.56 Å². The van der Waals surface area contributed by atoms with Crippen LogP contribution < -0.4 is 4.74 Å². The minimum atomic E-state index is -0.854. The molecule has 0 saturated heterocycles. The van der Waals surface area contributed by atoms with Crippen molar-refractivity contribution < 1.29 is 14.6 Å². The number of hydrogen-bond donors (Lipinski definition) is 1. The zero-order valence-corrected chi connectivity index (χ0v) is 13.3. The summed E-state index contributed by atoms with van der Waals surface area (Å²) in [6, 6.07) is 11.8. The summed E-state index contributed by atoms with van der Waals surface area (Å²) in [7, 11) is 0. The van der Waals surface area contributed by atoms with Gasteiger partial charge in [-0.1, -0.05) is 43.7 Å². The first-order chi connectivity index (χ1) is 10.5. The summed E-state index contributed by atoms with van der Waals surface area (Å²) in [6.45, 7) is 6.16. The van der Waals surface area contributed by atoms with Crippen LogP contribution in [0.5, 0.6) is 11.5 Å². The molecule has 0 heterocycles. The summed E-state index contributed by atoms with van der Waals surface area (Å²) in [5, 5.41) is 9.06. The number of carboxylic acids is 1. The van der Waals surface area contributed by atoms with Crippen LogP contribution in [0.2, 0.25) is 0 Å². The molecule has 0 radical (unpaired) electrons. The number of rotatable bonds is 6. The zero-order valence-electron chi connectivity index (χ0n) is 13.3. The number of carboxylic acid groups (broad SMARTS) is 1. The molecule has 0 amide bonds. The molecule has 0 aliphatic rings. The third kappa shape index (κ3) is 3.88. The van der Waals surface area contributed by atoms with Crippen molar-refractivity contribution in [2.45, 2.75) is 40.0 Å². The highest BCUT2D eigenvalue weighted by atomic mass is 16.5. The zero-order chi connectivity index (χ0) is 16.1. The van der Waals surface area contributed by atoms with Gasteiger partial charge in [-0.2, -0.15) is 0 Å². The highest BCUT2D eigenvalue weighted by Gasteiger charge is 2.11. The topological polar surface area (TPSA) is 46.5 Å². The molecule has 0 bridgehead atoms. The Bertz CT molecular complexity index is 674. The van der Waals surface area contributed by atoms with E-state index in [-0.39, 0.29) is 6.42 Å². The van der Waals surface area contributed by atoms with Gasteiger partial charge in [0.05, 0.1) is 6.42 Å². The second-order valence-corrected chi connectivity index (χ2v) is 5.43. The molecule has 0 atom stereocenters. The van der Waals surface area contributed by atoms with Crippen molar-refractivity contribution in [1.82, 2.24) is 0 Å². The number of hydrogen-bond acceptors (Lipinski definition) is 2. The van der Waals surface area contributed by atoms with Gasteiger partial charge in [-0.05, 0) is 43.0 Å². The largest absolute Gasteiger partial charge is 0.481 e. The number of aryl methyl sites for hydroxylation is 3. The van der Waals surface area contributed by atoms with Gasteiger partial charge in [-0.3, -0.25) is 4.79 Å². The molecule has 22 heavy (non-hydrogen) atoms. The van der Waals surface area contributed by atoms with E-state index in [9.17, 15) is 4.79 Å². The first-order valence-electron chi connectivity index (χ1n) is 7.64. The smallest absolute Gasteiger partial charge is 0.307 e. The number of carbonyl (C=O) groups is 1. The summed E-state index contributed by atoms with van der Waals surface area (Å²) < 4.78 is 6.02. The van der Waals surface area contributed by atoms with Crippen LogP contribution in [-0.2, 0) is 24.1 Å². The van der Waals surface area contributed by atoms with Gasteiger partial charge in [-0.15, -0.1) is 0 Å². The lowest BCUT2D eigenvalue weighted by atomic mass is 10.1. The lowest BCUT2D eigenvalue weighted by Crippen LogP contribution is -2.03. The molecule has 0 spiro atoms. The molecule has 2 aromatic rings. The average molecular weight is 298 g/mol. The van der Waals surface area contributed by atoms with E-state index in [0.717, 1.165) is 29.7 Å². The number of aliphatic carboxylic acids is 1.